The van der Waals surface area contributed by atoms with E-state index in [1.807, 2.05) is 6.07 Å². The van der Waals surface area contributed by atoms with Crippen molar-refractivity contribution in [3.05, 3.63) is 65.2 Å². The molecule has 0 radical (unpaired) electrons. The van der Waals surface area contributed by atoms with Gasteiger partial charge in [0, 0.05) is 6.54 Å². The van der Waals surface area contributed by atoms with Crippen LogP contribution in [0.15, 0.2) is 42.5 Å². The molecule has 0 N–H and O–H groups in total. The Bertz CT molecular complexity index is 684. The van der Waals surface area contributed by atoms with E-state index < -0.39 is 11.6 Å². The number of benzene rings is 2. The molecule has 1 amide bonds. The van der Waals surface area contributed by atoms with E-state index in [2.05, 4.69) is 0 Å². The zero-order chi connectivity index (χ0) is 14.8. The largest absolute Gasteiger partial charge is 0.309 e. The zero-order valence-electron chi connectivity index (χ0n) is 11.5. The topological polar surface area (TPSA) is 20.3 Å². The van der Waals surface area contributed by atoms with E-state index in [0.29, 0.717) is 17.8 Å². The number of para-hydroxylation sites is 1. The van der Waals surface area contributed by atoms with E-state index in [4.69, 9.17) is 0 Å². The maximum Gasteiger partial charge on any atom is 0.231 e. The number of anilines is 1. The molecule has 3 rings (SSSR count). The maximum atomic E-state index is 14.0. The molecule has 21 heavy (non-hydrogen) atoms. The smallest absolute Gasteiger partial charge is 0.231 e. The van der Waals surface area contributed by atoms with Crippen molar-refractivity contribution < 1.29 is 13.6 Å². The van der Waals surface area contributed by atoms with Gasteiger partial charge in [0.05, 0.1) is 12.1 Å². The fourth-order valence-electron chi connectivity index (χ4n) is 2.75. The number of amides is 1. The molecule has 0 atom stereocenters. The SMILES string of the molecule is O=C(Cc1ccccc1F)N1CCCc2cccc(F)c21. The first-order valence-corrected chi connectivity index (χ1v) is 6.98. The van der Waals surface area contributed by atoms with Gasteiger partial charge in [-0.05, 0) is 36.1 Å². The quantitative estimate of drug-likeness (QED) is 0.828. The van der Waals surface area contributed by atoms with Crippen LogP contribution in [0.5, 0.6) is 0 Å². The van der Waals surface area contributed by atoms with E-state index in [-0.39, 0.29) is 12.3 Å². The van der Waals surface area contributed by atoms with Crippen LogP contribution in [0, 0.1) is 11.6 Å². The molecular formula is C17H15F2NO. The molecule has 0 aromatic heterocycles. The summed E-state index contributed by atoms with van der Waals surface area (Å²) >= 11 is 0. The average molecular weight is 287 g/mol. The Morgan fingerprint density at radius 3 is 2.62 bits per heavy atom. The van der Waals surface area contributed by atoms with Crippen molar-refractivity contribution in [1.29, 1.82) is 0 Å². The summed E-state index contributed by atoms with van der Waals surface area (Å²) < 4.78 is 27.7. The molecule has 0 spiro atoms. The number of fused-ring (bicyclic) bond motifs is 1. The van der Waals surface area contributed by atoms with Crippen LogP contribution in [0.25, 0.3) is 0 Å². The van der Waals surface area contributed by atoms with Crippen LogP contribution in [-0.2, 0) is 17.6 Å². The van der Waals surface area contributed by atoms with Crippen LogP contribution in [0.3, 0.4) is 0 Å². The van der Waals surface area contributed by atoms with Gasteiger partial charge in [0.15, 0.2) is 0 Å². The molecule has 0 aliphatic carbocycles. The Hall–Kier alpha value is -2.23. The van der Waals surface area contributed by atoms with Crippen molar-refractivity contribution in [2.75, 3.05) is 11.4 Å². The summed E-state index contributed by atoms with van der Waals surface area (Å²) in [5, 5.41) is 0. The van der Waals surface area contributed by atoms with E-state index in [0.717, 1.165) is 18.4 Å². The third kappa shape index (κ3) is 2.66. The molecule has 0 bridgehead atoms. The molecule has 2 nitrogen and oxygen atoms in total. The molecule has 1 heterocycles. The minimum absolute atomic E-state index is 0.0551. The van der Waals surface area contributed by atoms with Crippen molar-refractivity contribution in [1.82, 2.24) is 0 Å². The zero-order valence-corrected chi connectivity index (χ0v) is 11.5. The molecular weight excluding hydrogens is 272 g/mol. The molecule has 0 fully saturated rings. The predicted octanol–water partition coefficient (Wildman–Crippen LogP) is 3.49. The van der Waals surface area contributed by atoms with Crippen LogP contribution >= 0.6 is 0 Å². The molecule has 1 aliphatic rings. The summed E-state index contributed by atoms with van der Waals surface area (Å²) in [4.78, 5) is 13.9. The van der Waals surface area contributed by atoms with Crippen LogP contribution in [0.2, 0.25) is 0 Å². The Labute approximate surface area is 122 Å². The highest BCUT2D eigenvalue weighted by Gasteiger charge is 2.25. The summed E-state index contributed by atoms with van der Waals surface area (Å²) in [7, 11) is 0. The normalized spacial score (nSPS) is 13.9. The Morgan fingerprint density at radius 2 is 1.81 bits per heavy atom. The van der Waals surface area contributed by atoms with Crippen molar-refractivity contribution in [3.8, 4) is 0 Å². The van der Waals surface area contributed by atoms with Gasteiger partial charge in [0.2, 0.25) is 5.91 Å². The van der Waals surface area contributed by atoms with Crippen molar-refractivity contribution in [2.24, 2.45) is 0 Å². The lowest BCUT2D eigenvalue weighted by atomic mass is 10.0. The summed E-state index contributed by atoms with van der Waals surface area (Å²) in [5.74, 6) is -1.07. The predicted molar refractivity (Wildman–Crippen MR) is 77.2 cm³/mol. The molecule has 108 valence electrons. The van der Waals surface area contributed by atoms with Crippen LogP contribution in [-0.4, -0.2) is 12.5 Å². The third-order valence-corrected chi connectivity index (χ3v) is 3.77. The van der Waals surface area contributed by atoms with Crippen molar-refractivity contribution >= 4 is 11.6 Å². The summed E-state index contributed by atoms with van der Waals surface area (Å²) in [6.07, 6.45) is 1.50. The van der Waals surface area contributed by atoms with E-state index in [1.165, 1.54) is 17.0 Å². The van der Waals surface area contributed by atoms with Gasteiger partial charge in [0.25, 0.3) is 0 Å². The standard InChI is InChI=1S/C17H15F2NO/c18-14-8-2-1-5-13(14)11-16(21)20-10-4-7-12-6-3-9-15(19)17(12)20/h1-3,5-6,8-9H,4,7,10-11H2. The van der Waals surface area contributed by atoms with Gasteiger partial charge in [-0.15, -0.1) is 0 Å². The summed E-state index contributed by atoms with van der Waals surface area (Å²) in [6, 6.07) is 11.0. The monoisotopic (exact) mass is 287 g/mol. The lowest BCUT2D eigenvalue weighted by Gasteiger charge is -2.30. The number of carbonyl (C=O) groups excluding carboxylic acids is 1. The van der Waals surface area contributed by atoms with Gasteiger partial charge in [0.1, 0.15) is 11.6 Å². The second kappa shape index (κ2) is 5.64. The number of nitrogens with zero attached hydrogens (tertiary/aromatic N) is 1. The van der Waals surface area contributed by atoms with Crippen molar-refractivity contribution in [2.45, 2.75) is 19.3 Å². The van der Waals surface area contributed by atoms with Gasteiger partial charge in [-0.25, -0.2) is 8.78 Å². The lowest BCUT2D eigenvalue weighted by Crippen LogP contribution is -2.37. The van der Waals surface area contributed by atoms with E-state index in [1.54, 1.807) is 24.3 Å². The molecule has 0 unspecified atom stereocenters. The second-order valence-electron chi connectivity index (χ2n) is 5.16. The van der Waals surface area contributed by atoms with Gasteiger partial charge >= 0.3 is 0 Å². The van der Waals surface area contributed by atoms with Gasteiger partial charge < -0.3 is 4.90 Å². The first-order valence-electron chi connectivity index (χ1n) is 6.98. The number of rotatable bonds is 2. The van der Waals surface area contributed by atoms with Crippen LogP contribution in [0.1, 0.15) is 17.5 Å². The minimum atomic E-state index is -0.406. The first-order chi connectivity index (χ1) is 10.2. The highest BCUT2D eigenvalue weighted by molar-refractivity contribution is 5.96. The number of hydrogen-bond donors (Lipinski definition) is 0. The lowest BCUT2D eigenvalue weighted by molar-refractivity contribution is -0.118. The van der Waals surface area contributed by atoms with Gasteiger partial charge in [-0.2, -0.15) is 0 Å². The fourth-order valence-corrected chi connectivity index (χ4v) is 2.75. The minimum Gasteiger partial charge on any atom is -0.309 e. The highest BCUT2D eigenvalue weighted by atomic mass is 19.1. The Kier molecular flexibility index (Phi) is 3.69. The van der Waals surface area contributed by atoms with E-state index >= 15 is 0 Å². The maximum absolute atomic E-state index is 14.0. The second-order valence-corrected chi connectivity index (χ2v) is 5.16. The molecule has 2 aromatic carbocycles. The van der Waals surface area contributed by atoms with Crippen LogP contribution in [0.4, 0.5) is 14.5 Å². The molecule has 0 saturated heterocycles. The number of carbonyl (C=O) groups is 1. The average Bonchev–Trinajstić information content (AvgIpc) is 2.49. The van der Waals surface area contributed by atoms with Gasteiger partial charge in [-0.1, -0.05) is 30.3 Å². The van der Waals surface area contributed by atoms with Gasteiger partial charge in [-0.3, -0.25) is 4.79 Å². The molecule has 1 aliphatic heterocycles. The van der Waals surface area contributed by atoms with E-state index in [9.17, 15) is 13.6 Å². The fraction of sp³-hybridized carbons (Fsp3) is 0.235. The molecule has 4 heteroatoms. The number of halogens is 2. The summed E-state index contributed by atoms with van der Waals surface area (Å²) in [6.45, 7) is 0.473. The van der Waals surface area contributed by atoms with Crippen LogP contribution < -0.4 is 4.90 Å². The molecule has 2 aromatic rings. The Balaban J connectivity index is 1.89. The van der Waals surface area contributed by atoms with Crippen molar-refractivity contribution in [3.63, 3.8) is 0 Å². The first kappa shape index (κ1) is 13.7. The Morgan fingerprint density at radius 1 is 1.05 bits per heavy atom. The number of hydrogen-bond acceptors (Lipinski definition) is 1. The molecule has 0 saturated carbocycles. The third-order valence-electron chi connectivity index (χ3n) is 3.77. The number of aryl methyl sites for hydroxylation is 1. The highest BCUT2D eigenvalue weighted by Crippen LogP contribution is 2.30. The summed E-state index contributed by atoms with van der Waals surface area (Å²) in [5.41, 5.74) is 1.53.